The molecule has 24 heavy (non-hydrogen) atoms. The number of hydrogen-bond acceptors (Lipinski definition) is 1. The molecule has 2 aromatic rings. The number of aliphatic hydroxyl groups excluding tert-OH is 1. The van der Waals surface area contributed by atoms with E-state index < -0.39 is 0 Å². The largest absolute Gasteiger partial charge is 4.00 e. The minimum atomic E-state index is -0.335. The summed E-state index contributed by atoms with van der Waals surface area (Å²) in [5, 5.41) is 12.8. The van der Waals surface area contributed by atoms with Crippen LogP contribution in [0.4, 0.5) is 0 Å². The fourth-order valence-electron chi connectivity index (χ4n) is 2.56. The molecular weight excluding hydrogens is 434 g/mol. The average Bonchev–Trinajstić information content (AvgIpc) is 3.14. The number of aliphatic hydroxyl groups is 1. The maximum Gasteiger partial charge on any atom is 4.00 e. The Bertz CT molecular complexity index is 605. The minimum Gasteiger partial charge on any atom is -1.00 e. The van der Waals surface area contributed by atoms with Gasteiger partial charge in [-0.15, -0.1) is 36.1 Å². The van der Waals surface area contributed by atoms with Crippen molar-refractivity contribution in [3.8, 4) is 0 Å². The average molecular weight is 458 g/mol. The van der Waals surface area contributed by atoms with Gasteiger partial charge in [-0.1, -0.05) is 25.6 Å². The van der Waals surface area contributed by atoms with Crippen molar-refractivity contribution in [1.82, 2.24) is 0 Å². The van der Waals surface area contributed by atoms with E-state index in [4.69, 9.17) is 5.11 Å². The molecule has 0 bridgehead atoms. The van der Waals surface area contributed by atoms with Gasteiger partial charge in [-0.3, -0.25) is 6.08 Å². The topological polar surface area (TPSA) is 20.2 Å². The summed E-state index contributed by atoms with van der Waals surface area (Å²) in [6.45, 7) is 4.90. The van der Waals surface area contributed by atoms with Crippen molar-refractivity contribution in [1.29, 1.82) is 0 Å². The van der Waals surface area contributed by atoms with Gasteiger partial charge in [-0.05, 0) is 6.42 Å². The van der Waals surface area contributed by atoms with Crippen molar-refractivity contribution in [3.63, 3.8) is 0 Å². The number of benzene rings is 1. The van der Waals surface area contributed by atoms with E-state index in [1.54, 1.807) is 0 Å². The minimum absolute atomic E-state index is 0. The van der Waals surface area contributed by atoms with E-state index in [1.165, 1.54) is 21.5 Å². The number of fused-ring (bicyclic) bond motifs is 1. The van der Waals surface area contributed by atoms with Crippen LogP contribution in [0.1, 0.15) is 19.3 Å². The fraction of sp³-hybridized carbons (Fsp3) is 0.316. The quantitative estimate of drug-likeness (QED) is 0.446. The van der Waals surface area contributed by atoms with Crippen molar-refractivity contribution in [3.05, 3.63) is 65.4 Å². The predicted octanol–water partition coefficient (Wildman–Crippen LogP) is -1.32. The van der Waals surface area contributed by atoms with E-state index in [0.29, 0.717) is 6.61 Å². The van der Waals surface area contributed by atoms with Crippen LogP contribution in [0, 0.1) is 6.08 Å². The van der Waals surface area contributed by atoms with Crippen LogP contribution in [0.5, 0.6) is 0 Å². The third-order valence-electron chi connectivity index (χ3n) is 3.60. The van der Waals surface area contributed by atoms with Gasteiger partial charge in [0.05, 0.1) is 0 Å². The first-order valence-electron chi connectivity index (χ1n) is 7.54. The molecule has 0 atom stereocenters. The number of hydrogen-bond donors (Lipinski definition) is 1. The summed E-state index contributed by atoms with van der Waals surface area (Å²) in [6.07, 6.45) is 8.58. The summed E-state index contributed by atoms with van der Waals surface area (Å²) in [6, 6.07) is 14.7. The van der Waals surface area contributed by atoms with Crippen molar-refractivity contribution < 1.29 is 56.1 Å². The van der Waals surface area contributed by atoms with E-state index in [1.807, 2.05) is 0 Å². The molecule has 0 saturated carbocycles. The second kappa shape index (κ2) is 14.2. The molecule has 0 heterocycles. The second-order valence-corrected chi connectivity index (χ2v) is 7.97. The molecule has 5 heteroatoms. The van der Waals surface area contributed by atoms with E-state index in [0.717, 1.165) is 19.3 Å². The van der Waals surface area contributed by atoms with Crippen molar-refractivity contribution in [2.24, 2.45) is 0 Å². The molecule has 1 aliphatic carbocycles. The Balaban J connectivity index is 0. The van der Waals surface area contributed by atoms with Gasteiger partial charge >= 0.3 is 26.2 Å². The monoisotopic (exact) mass is 455 g/mol. The normalized spacial score (nSPS) is 12.2. The molecule has 1 aliphatic rings. The zero-order valence-electron chi connectivity index (χ0n) is 14.2. The molecular formula is C19H23Cl2OSiZr. The number of allylic oxidation sites excluding steroid dienone is 4. The van der Waals surface area contributed by atoms with Gasteiger partial charge in [0.2, 0.25) is 0 Å². The van der Waals surface area contributed by atoms with Crippen molar-refractivity contribution in [2.75, 3.05) is 6.61 Å². The van der Waals surface area contributed by atoms with Gasteiger partial charge in [0, 0.05) is 15.4 Å². The number of halogens is 2. The zero-order valence-corrected chi connectivity index (χ0v) is 19.1. The predicted molar refractivity (Wildman–Crippen MR) is 92.8 cm³/mol. The van der Waals surface area contributed by atoms with Crippen LogP contribution in [-0.4, -0.2) is 20.5 Å². The van der Waals surface area contributed by atoms with E-state index in [2.05, 4.69) is 67.7 Å². The van der Waals surface area contributed by atoms with Crippen LogP contribution in [0.15, 0.2) is 59.3 Å². The van der Waals surface area contributed by atoms with Crippen LogP contribution >= 0.6 is 0 Å². The van der Waals surface area contributed by atoms with E-state index >= 15 is 0 Å². The Kier molecular flexibility index (Phi) is 15.4. The molecule has 1 nitrogen and oxygen atoms in total. The van der Waals surface area contributed by atoms with Crippen LogP contribution in [-0.2, 0) is 26.2 Å². The second-order valence-electron chi connectivity index (χ2n) is 5.47. The smallest absolute Gasteiger partial charge is 1.00 e. The maximum atomic E-state index is 8.70. The van der Waals surface area contributed by atoms with Crippen LogP contribution in [0.3, 0.4) is 0 Å². The molecule has 127 valence electrons. The van der Waals surface area contributed by atoms with E-state index in [9.17, 15) is 0 Å². The molecule has 1 radical (unpaired) electrons. The Morgan fingerprint density at radius 1 is 1.17 bits per heavy atom. The molecule has 0 amide bonds. The molecule has 0 aliphatic heterocycles. The number of rotatable bonds is 4. The van der Waals surface area contributed by atoms with Crippen LogP contribution < -0.4 is 24.8 Å². The van der Waals surface area contributed by atoms with Gasteiger partial charge in [-0.2, -0.15) is 23.6 Å². The molecule has 0 fully saturated rings. The Morgan fingerprint density at radius 3 is 2.50 bits per heavy atom. The SMILES string of the molecule is C[Si](C)C1=[C-]CC=C1CCCO.[Cl-].[Cl-].[Zr+4].c1ccc2[cH-]ccc2c1. The molecule has 3 rings (SSSR count). The summed E-state index contributed by atoms with van der Waals surface area (Å²) in [4.78, 5) is 0. The first-order valence-corrected chi connectivity index (χ1v) is 10.0. The standard InChI is InChI=1S/C10H16OSi.C9H7.2ClH.Zr/c1-12(2)10-7-3-5-9(10)6-4-8-11;1-2-5-9-7-3-6-8(9)4-1;;;/h5,11H,3-4,6,8H2,1-2H3;1-7H;2*1H;/q2*-1;;;+4/p-2. The Labute approximate surface area is 179 Å². The van der Waals surface area contributed by atoms with Gasteiger partial charge in [0.1, 0.15) is 0 Å². The summed E-state index contributed by atoms with van der Waals surface area (Å²) >= 11 is 0. The molecule has 0 saturated heterocycles. The van der Waals surface area contributed by atoms with Gasteiger partial charge in [0.25, 0.3) is 0 Å². The Morgan fingerprint density at radius 2 is 1.88 bits per heavy atom. The van der Waals surface area contributed by atoms with Gasteiger partial charge < -0.3 is 29.9 Å². The molecule has 0 aromatic heterocycles. The van der Waals surface area contributed by atoms with Crippen LogP contribution in [0.2, 0.25) is 13.1 Å². The Hall–Kier alpha value is -0.0500. The van der Waals surface area contributed by atoms with Crippen LogP contribution in [0.25, 0.3) is 10.8 Å². The first-order chi connectivity index (χ1) is 10.2. The molecule has 0 unspecified atom stereocenters. The fourth-order valence-corrected chi connectivity index (χ4v) is 3.88. The van der Waals surface area contributed by atoms with Gasteiger partial charge in [-0.25, -0.2) is 10.8 Å². The third kappa shape index (κ3) is 7.89. The maximum absolute atomic E-state index is 8.70. The molecule has 0 spiro atoms. The first kappa shape index (κ1) is 26.2. The third-order valence-corrected chi connectivity index (χ3v) is 5.10. The van der Waals surface area contributed by atoms with Gasteiger partial charge in [0.15, 0.2) is 0 Å². The summed E-state index contributed by atoms with van der Waals surface area (Å²) in [5.74, 6) is 0. The summed E-state index contributed by atoms with van der Waals surface area (Å²) < 4.78 is 0. The summed E-state index contributed by atoms with van der Waals surface area (Å²) in [5.41, 5.74) is 1.45. The van der Waals surface area contributed by atoms with Crippen molar-refractivity contribution >= 4 is 19.6 Å². The van der Waals surface area contributed by atoms with E-state index in [-0.39, 0.29) is 59.8 Å². The van der Waals surface area contributed by atoms with Crippen molar-refractivity contribution in [2.45, 2.75) is 32.4 Å². The summed E-state index contributed by atoms with van der Waals surface area (Å²) in [7, 11) is -0.335. The molecule has 1 N–H and O–H groups in total. The molecule has 2 aromatic carbocycles. The zero-order chi connectivity index (χ0) is 15.1.